The molecule has 0 N–H and O–H groups in total. The van der Waals surface area contributed by atoms with Crippen LogP contribution in [0.15, 0.2) is 0 Å². The van der Waals surface area contributed by atoms with E-state index in [9.17, 15) is 0 Å². The number of nitrogens with zero attached hydrogens (tertiary/aromatic N) is 1. The largest absolute Gasteiger partial charge is 0.303 e. The minimum absolute atomic E-state index is 1.05. The monoisotopic (exact) mass is 84.1 g/mol. The van der Waals surface area contributed by atoms with Gasteiger partial charge in [-0.2, -0.15) is 0 Å². The predicted molar refractivity (Wildman–Crippen MR) is 24.3 cm³/mol. The number of rotatable bonds is 0. The first-order valence-electron chi connectivity index (χ1n) is 2.69. The van der Waals surface area contributed by atoms with Crippen molar-refractivity contribution in [2.75, 3.05) is 19.6 Å². The van der Waals surface area contributed by atoms with Gasteiger partial charge in [-0.1, -0.05) is 0 Å². The van der Waals surface area contributed by atoms with Crippen LogP contribution in [0.5, 0.6) is 0 Å². The molecule has 2 aliphatic heterocycles. The second kappa shape index (κ2) is 0.544. The summed E-state index contributed by atoms with van der Waals surface area (Å²) < 4.78 is 1.49. The highest BCUT2D eigenvalue weighted by atomic mass is 15.6. The molecule has 1 spiro atoms. The molecule has 0 saturated carbocycles. The van der Waals surface area contributed by atoms with Gasteiger partial charge in [0.1, 0.15) is 25.7 Å². The summed E-state index contributed by atoms with van der Waals surface area (Å²) in [5.41, 5.74) is 0. The Morgan fingerprint density at radius 3 is 2.00 bits per heavy atom. The molecule has 0 aromatic heterocycles. The van der Waals surface area contributed by atoms with E-state index in [1.165, 1.54) is 24.1 Å². The van der Waals surface area contributed by atoms with E-state index in [0.29, 0.717) is 0 Å². The minimum Gasteiger partial charge on any atom is -0.303 e. The Hall–Kier alpha value is -0.0400. The van der Waals surface area contributed by atoms with Gasteiger partial charge in [0.25, 0.3) is 0 Å². The maximum atomic E-state index is 2.34. The van der Waals surface area contributed by atoms with Crippen molar-refractivity contribution in [3.8, 4) is 0 Å². The SMILES string of the molecule is CC1C[N+]12CC2. The zero-order valence-electron chi connectivity index (χ0n) is 4.15. The van der Waals surface area contributed by atoms with Crippen LogP contribution in [0.1, 0.15) is 6.92 Å². The number of hydrogen-bond donors (Lipinski definition) is 0. The van der Waals surface area contributed by atoms with Gasteiger partial charge in [0.2, 0.25) is 0 Å². The molecule has 34 valence electrons. The van der Waals surface area contributed by atoms with Crippen molar-refractivity contribution in [3.63, 3.8) is 0 Å². The molecule has 2 rings (SSSR count). The van der Waals surface area contributed by atoms with Crippen molar-refractivity contribution in [2.24, 2.45) is 0 Å². The van der Waals surface area contributed by atoms with Gasteiger partial charge in [0.05, 0.1) is 0 Å². The normalized spacial score (nSPS) is 46.5. The van der Waals surface area contributed by atoms with Crippen LogP contribution in [-0.4, -0.2) is 30.2 Å². The molecule has 0 aromatic rings. The Morgan fingerprint density at radius 1 is 1.50 bits per heavy atom. The quantitative estimate of drug-likeness (QED) is 0.291. The predicted octanol–water partition coefficient (Wildman–Crippen LogP) is 0.219. The third-order valence-corrected chi connectivity index (χ3v) is 2.23. The Morgan fingerprint density at radius 2 is 2.00 bits per heavy atom. The summed E-state index contributed by atoms with van der Waals surface area (Å²) in [6.45, 7) is 6.80. The molecule has 1 atom stereocenters. The van der Waals surface area contributed by atoms with Crippen LogP contribution in [0.2, 0.25) is 0 Å². The average molecular weight is 84.1 g/mol. The molecule has 2 saturated heterocycles. The van der Waals surface area contributed by atoms with Crippen molar-refractivity contribution >= 4 is 0 Å². The lowest BCUT2D eigenvalue weighted by atomic mass is 10.6. The highest BCUT2D eigenvalue weighted by Crippen LogP contribution is 2.39. The summed E-state index contributed by atoms with van der Waals surface area (Å²) >= 11 is 0. The first-order chi connectivity index (χ1) is 2.83. The zero-order chi connectivity index (χ0) is 4.20. The van der Waals surface area contributed by atoms with E-state index >= 15 is 0 Å². The summed E-state index contributed by atoms with van der Waals surface area (Å²) in [5.74, 6) is 0. The van der Waals surface area contributed by atoms with E-state index < -0.39 is 0 Å². The Kier molecular flexibility index (Phi) is 0.274. The summed E-state index contributed by atoms with van der Waals surface area (Å²) in [6.07, 6.45) is 0. The van der Waals surface area contributed by atoms with Crippen LogP contribution in [0.3, 0.4) is 0 Å². The van der Waals surface area contributed by atoms with Gasteiger partial charge >= 0.3 is 0 Å². The second-order valence-corrected chi connectivity index (χ2v) is 2.70. The Balaban J connectivity index is 2.17. The van der Waals surface area contributed by atoms with Crippen molar-refractivity contribution in [2.45, 2.75) is 13.0 Å². The van der Waals surface area contributed by atoms with E-state index in [2.05, 4.69) is 6.92 Å². The zero-order valence-corrected chi connectivity index (χ0v) is 4.15. The van der Waals surface area contributed by atoms with Gasteiger partial charge in [0, 0.05) is 0 Å². The van der Waals surface area contributed by atoms with Crippen LogP contribution < -0.4 is 0 Å². The molecule has 6 heavy (non-hydrogen) atoms. The molecule has 2 fully saturated rings. The fourth-order valence-corrected chi connectivity index (χ4v) is 1.23. The van der Waals surface area contributed by atoms with E-state index in [0.717, 1.165) is 6.04 Å². The van der Waals surface area contributed by atoms with Gasteiger partial charge in [-0.3, -0.25) is 0 Å². The lowest BCUT2D eigenvalue weighted by molar-refractivity contribution is -0.664. The molecule has 1 nitrogen and oxygen atoms in total. The lowest BCUT2D eigenvalue weighted by Crippen LogP contribution is -1.92. The van der Waals surface area contributed by atoms with Gasteiger partial charge < -0.3 is 4.48 Å². The molecule has 2 heterocycles. The molecule has 0 aromatic carbocycles. The van der Waals surface area contributed by atoms with Gasteiger partial charge in [-0.25, -0.2) is 0 Å². The maximum Gasteiger partial charge on any atom is 0.136 e. The summed E-state index contributed by atoms with van der Waals surface area (Å²) in [7, 11) is 0. The second-order valence-electron chi connectivity index (χ2n) is 2.70. The molecular formula is C5H10N+. The van der Waals surface area contributed by atoms with Gasteiger partial charge in [-0.15, -0.1) is 0 Å². The summed E-state index contributed by atoms with van der Waals surface area (Å²) in [4.78, 5) is 0. The third-order valence-electron chi connectivity index (χ3n) is 2.23. The van der Waals surface area contributed by atoms with Crippen molar-refractivity contribution < 1.29 is 4.48 Å². The first-order valence-corrected chi connectivity index (χ1v) is 2.69. The van der Waals surface area contributed by atoms with Crippen molar-refractivity contribution in [3.05, 3.63) is 0 Å². The topological polar surface area (TPSA) is 0 Å². The number of hydrogen-bond acceptors (Lipinski definition) is 0. The van der Waals surface area contributed by atoms with Crippen molar-refractivity contribution in [1.82, 2.24) is 0 Å². The smallest absolute Gasteiger partial charge is 0.136 e. The third kappa shape index (κ3) is 0.178. The van der Waals surface area contributed by atoms with Crippen LogP contribution in [0.4, 0.5) is 0 Å². The van der Waals surface area contributed by atoms with E-state index in [4.69, 9.17) is 0 Å². The fourth-order valence-electron chi connectivity index (χ4n) is 1.23. The Bertz CT molecular complexity index is 83.9. The molecule has 0 radical (unpaired) electrons. The molecule has 1 unspecified atom stereocenters. The Labute approximate surface area is 38.2 Å². The molecule has 0 bridgehead atoms. The van der Waals surface area contributed by atoms with Gasteiger partial charge in [-0.05, 0) is 6.92 Å². The van der Waals surface area contributed by atoms with Gasteiger partial charge in [0.15, 0.2) is 0 Å². The molecule has 1 heteroatoms. The summed E-state index contributed by atoms with van der Waals surface area (Å²) in [6, 6.07) is 1.05. The molecule has 0 amide bonds. The molecule has 0 aliphatic carbocycles. The van der Waals surface area contributed by atoms with E-state index in [1.807, 2.05) is 0 Å². The highest BCUT2D eigenvalue weighted by Gasteiger charge is 2.61. The fraction of sp³-hybridized carbons (Fsp3) is 1.00. The van der Waals surface area contributed by atoms with Crippen LogP contribution in [-0.2, 0) is 0 Å². The lowest BCUT2D eigenvalue weighted by Gasteiger charge is -1.78. The van der Waals surface area contributed by atoms with Crippen LogP contribution in [0, 0.1) is 0 Å². The minimum atomic E-state index is 1.05. The highest BCUT2D eigenvalue weighted by molar-refractivity contribution is 4.77. The van der Waals surface area contributed by atoms with E-state index in [-0.39, 0.29) is 0 Å². The van der Waals surface area contributed by atoms with Crippen molar-refractivity contribution in [1.29, 1.82) is 0 Å². The average Bonchev–Trinajstić information content (AvgIpc) is 2.25. The van der Waals surface area contributed by atoms with Crippen LogP contribution in [0.25, 0.3) is 0 Å². The van der Waals surface area contributed by atoms with Crippen LogP contribution >= 0.6 is 0 Å². The first kappa shape index (κ1) is 3.03. The maximum absolute atomic E-state index is 2.34. The standard InChI is InChI=1S/C5H10N/c1-5-4-6(5)2-3-6/h5H,2-4H2,1H3/q+1. The number of quaternary nitrogens is 1. The molecule has 2 aliphatic rings. The molecular weight excluding hydrogens is 74.1 g/mol. The summed E-state index contributed by atoms with van der Waals surface area (Å²) in [5, 5.41) is 0. The van der Waals surface area contributed by atoms with E-state index in [1.54, 1.807) is 0 Å².